The van der Waals surface area contributed by atoms with Gasteiger partial charge in [0.25, 0.3) is 0 Å². The first kappa shape index (κ1) is 13.7. The smallest absolute Gasteiger partial charge is 0.356 e. The molecule has 2 rings (SSSR count). The minimum absolute atomic E-state index is 0.318. The second-order valence-corrected chi connectivity index (χ2v) is 4.22. The highest BCUT2D eigenvalue weighted by Gasteiger charge is 2.33. The number of rotatable bonds is 3. The summed E-state index contributed by atoms with van der Waals surface area (Å²) in [6, 6.07) is 3.75. The molecule has 7 heteroatoms. The molecule has 19 heavy (non-hydrogen) atoms. The Hall–Kier alpha value is -1.69. The number of aromatic nitrogens is 2. The van der Waals surface area contributed by atoms with E-state index in [2.05, 4.69) is 10.3 Å². The van der Waals surface area contributed by atoms with Crippen LogP contribution in [0.15, 0.2) is 30.6 Å². The van der Waals surface area contributed by atoms with E-state index in [1.54, 1.807) is 6.20 Å². The maximum absolute atomic E-state index is 12.8. The van der Waals surface area contributed by atoms with E-state index >= 15 is 0 Å². The molecular weight excluding hydrogens is 279 g/mol. The lowest BCUT2D eigenvalue weighted by Crippen LogP contribution is -2.09. The second-order valence-electron chi connectivity index (χ2n) is 3.81. The number of alkyl halides is 3. The quantitative estimate of drug-likeness (QED) is 0.926. The van der Waals surface area contributed by atoms with E-state index in [9.17, 15) is 13.2 Å². The summed E-state index contributed by atoms with van der Waals surface area (Å²) in [5.41, 5.74) is -0.506. The number of hydrogen-bond donors (Lipinski definition) is 1. The Morgan fingerprint density at radius 2 is 2.11 bits per heavy atom. The SMILES string of the molecule is CCNc1nccn1-c1ccc(Cl)c(C(F)(F)F)c1. The molecule has 2 aromatic rings. The van der Waals surface area contributed by atoms with Crippen molar-refractivity contribution in [2.45, 2.75) is 13.1 Å². The number of nitrogens with zero attached hydrogens (tertiary/aromatic N) is 2. The van der Waals surface area contributed by atoms with Gasteiger partial charge in [-0.3, -0.25) is 4.57 Å². The monoisotopic (exact) mass is 289 g/mol. The molecule has 1 N–H and O–H groups in total. The summed E-state index contributed by atoms with van der Waals surface area (Å²) in [5.74, 6) is 0.484. The summed E-state index contributed by atoms with van der Waals surface area (Å²) in [7, 11) is 0. The molecule has 102 valence electrons. The molecule has 3 nitrogen and oxygen atoms in total. The molecule has 0 bridgehead atoms. The molecular formula is C12H11ClF3N3. The number of anilines is 1. The largest absolute Gasteiger partial charge is 0.417 e. The molecule has 0 aliphatic rings. The van der Waals surface area contributed by atoms with Gasteiger partial charge >= 0.3 is 6.18 Å². The standard InChI is InChI=1S/C12H11ClF3N3/c1-2-17-11-18-5-6-19(11)8-3-4-10(13)9(7-8)12(14,15)16/h3-7H,2H2,1H3,(H,17,18). The van der Waals surface area contributed by atoms with Crippen molar-refractivity contribution in [2.24, 2.45) is 0 Å². The van der Waals surface area contributed by atoms with E-state index in [4.69, 9.17) is 11.6 Å². The van der Waals surface area contributed by atoms with Crippen LogP contribution in [0.2, 0.25) is 5.02 Å². The molecule has 0 amide bonds. The molecule has 1 aromatic heterocycles. The minimum Gasteiger partial charge on any atom is -0.356 e. The van der Waals surface area contributed by atoms with Gasteiger partial charge in [-0.05, 0) is 25.1 Å². The lowest BCUT2D eigenvalue weighted by atomic mass is 10.2. The molecule has 0 unspecified atom stereocenters. The van der Waals surface area contributed by atoms with Gasteiger partial charge in [0.05, 0.1) is 10.6 Å². The van der Waals surface area contributed by atoms with Crippen molar-refractivity contribution in [2.75, 3.05) is 11.9 Å². The Bertz CT molecular complexity index is 578. The zero-order valence-corrected chi connectivity index (χ0v) is 10.8. The third-order valence-electron chi connectivity index (χ3n) is 2.51. The van der Waals surface area contributed by atoms with E-state index in [0.717, 1.165) is 6.07 Å². The van der Waals surface area contributed by atoms with E-state index in [-0.39, 0.29) is 5.02 Å². The number of imidazole rings is 1. The lowest BCUT2D eigenvalue weighted by Gasteiger charge is -2.13. The van der Waals surface area contributed by atoms with Crippen LogP contribution in [0.5, 0.6) is 0 Å². The number of benzene rings is 1. The fourth-order valence-corrected chi connectivity index (χ4v) is 1.91. The first-order chi connectivity index (χ1) is 8.93. The lowest BCUT2D eigenvalue weighted by molar-refractivity contribution is -0.137. The minimum atomic E-state index is -4.48. The molecule has 0 atom stereocenters. The van der Waals surface area contributed by atoms with Crippen LogP contribution in [0.1, 0.15) is 12.5 Å². The van der Waals surface area contributed by atoms with Crippen molar-refractivity contribution in [3.05, 3.63) is 41.2 Å². The molecule has 0 spiro atoms. The summed E-state index contributed by atoms with van der Waals surface area (Å²) in [6.07, 6.45) is -1.38. The van der Waals surface area contributed by atoms with Gasteiger partial charge in [0.2, 0.25) is 5.95 Å². The zero-order valence-electron chi connectivity index (χ0n) is 10.0. The molecule has 0 saturated carbocycles. The van der Waals surface area contributed by atoms with Crippen LogP contribution in [0.4, 0.5) is 19.1 Å². The van der Waals surface area contributed by atoms with Crippen molar-refractivity contribution in [3.63, 3.8) is 0 Å². The maximum Gasteiger partial charge on any atom is 0.417 e. The molecule has 0 aliphatic heterocycles. The highest BCUT2D eigenvalue weighted by molar-refractivity contribution is 6.31. The van der Waals surface area contributed by atoms with Crippen molar-refractivity contribution in [1.82, 2.24) is 9.55 Å². The van der Waals surface area contributed by atoms with Crippen molar-refractivity contribution in [1.29, 1.82) is 0 Å². The van der Waals surface area contributed by atoms with Gasteiger partial charge < -0.3 is 5.32 Å². The van der Waals surface area contributed by atoms with E-state index < -0.39 is 11.7 Å². The number of hydrogen-bond acceptors (Lipinski definition) is 2. The predicted octanol–water partition coefficient (Wildman–Crippen LogP) is 3.98. The normalized spacial score (nSPS) is 11.6. The molecule has 0 radical (unpaired) electrons. The van der Waals surface area contributed by atoms with Gasteiger partial charge in [0.1, 0.15) is 0 Å². The molecule has 0 saturated heterocycles. The number of nitrogens with one attached hydrogen (secondary N) is 1. The molecule has 0 aliphatic carbocycles. The van der Waals surface area contributed by atoms with Crippen LogP contribution >= 0.6 is 11.6 Å². The third kappa shape index (κ3) is 2.84. The fraction of sp³-hybridized carbons (Fsp3) is 0.250. The Morgan fingerprint density at radius 3 is 2.74 bits per heavy atom. The van der Waals surface area contributed by atoms with Crippen LogP contribution in [0, 0.1) is 0 Å². The van der Waals surface area contributed by atoms with Gasteiger partial charge in [-0.25, -0.2) is 4.98 Å². The first-order valence-corrected chi connectivity index (χ1v) is 5.95. The van der Waals surface area contributed by atoms with Crippen LogP contribution in [-0.4, -0.2) is 16.1 Å². The second kappa shape index (κ2) is 5.13. The van der Waals surface area contributed by atoms with E-state index in [1.807, 2.05) is 6.92 Å². The van der Waals surface area contributed by atoms with Gasteiger partial charge in [0, 0.05) is 24.6 Å². The predicted molar refractivity (Wildman–Crippen MR) is 67.7 cm³/mol. The Labute approximate surface area is 113 Å². The van der Waals surface area contributed by atoms with Gasteiger partial charge in [0.15, 0.2) is 0 Å². The Kier molecular flexibility index (Phi) is 3.71. The summed E-state index contributed by atoms with van der Waals surface area (Å²) in [5, 5.41) is 2.65. The molecule has 0 fully saturated rings. The third-order valence-corrected chi connectivity index (χ3v) is 2.84. The van der Waals surface area contributed by atoms with Crippen molar-refractivity contribution >= 4 is 17.5 Å². The number of halogens is 4. The van der Waals surface area contributed by atoms with Crippen molar-refractivity contribution < 1.29 is 13.2 Å². The van der Waals surface area contributed by atoms with Crippen molar-refractivity contribution in [3.8, 4) is 5.69 Å². The van der Waals surface area contributed by atoms with Crippen LogP contribution in [0.25, 0.3) is 5.69 Å². The molecule has 1 aromatic carbocycles. The Morgan fingerprint density at radius 1 is 1.37 bits per heavy atom. The van der Waals surface area contributed by atoms with Crippen LogP contribution < -0.4 is 5.32 Å². The molecule has 1 heterocycles. The van der Waals surface area contributed by atoms with Gasteiger partial charge in [-0.1, -0.05) is 11.6 Å². The summed E-state index contributed by atoms with van der Waals surface area (Å²) < 4.78 is 39.9. The first-order valence-electron chi connectivity index (χ1n) is 5.58. The Balaban J connectivity index is 2.49. The topological polar surface area (TPSA) is 29.9 Å². The average molecular weight is 290 g/mol. The fourth-order valence-electron chi connectivity index (χ4n) is 1.68. The maximum atomic E-state index is 12.8. The van der Waals surface area contributed by atoms with Gasteiger partial charge in [-0.2, -0.15) is 13.2 Å². The highest BCUT2D eigenvalue weighted by atomic mass is 35.5. The average Bonchev–Trinajstić information content (AvgIpc) is 2.77. The van der Waals surface area contributed by atoms with E-state index in [0.29, 0.717) is 18.2 Å². The highest BCUT2D eigenvalue weighted by Crippen LogP contribution is 2.36. The zero-order chi connectivity index (χ0) is 14.0. The van der Waals surface area contributed by atoms with Gasteiger partial charge in [-0.15, -0.1) is 0 Å². The van der Waals surface area contributed by atoms with E-state index in [1.165, 1.54) is 22.9 Å². The summed E-state index contributed by atoms with van der Waals surface area (Å²) >= 11 is 5.58. The van der Waals surface area contributed by atoms with Crippen LogP contribution in [-0.2, 0) is 6.18 Å². The summed E-state index contributed by atoms with van der Waals surface area (Å²) in [4.78, 5) is 4.03. The van der Waals surface area contributed by atoms with Crippen LogP contribution in [0.3, 0.4) is 0 Å². The summed E-state index contributed by atoms with van der Waals surface area (Å²) in [6.45, 7) is 2.50.